The van der Waals surface area contributed by atoms with Crippen LogP contribution in [0.5, 0.6) is 0 Å². The van der Waals surface area contributed by atoms with Gasteiger partial charge < -0.3 is 0 Å². The molecule has 0 aliphatic heterocycles. The molecular formula is C15H21N. The number of hydrogen-bond acceptors (Lipinski definition) is 1. The van der Waals surface area contributed by atoms with Crippen molar-refractivity contribution in [1.29, 1.82) is 0 Å². The van der Waals surface area contributed by atoms with Crippen LogP contribution in [0.3, 0.4) is 0 Å². The van der Waals surface area contributed by atoms with Crippen LogP contribution < -0.4 is 0 Å². The second-order valence-electron chi connectivity index (χ2n) is 5.44. The van der Waals surface area contributed by atoms with Gasteiger partial charge in [0.25, 0.3) is 0 Å². The van der Waals surface area contributed by atoms with Crippen molar-refractivity contribution < 1.29 is 0 Å². The van der Waals surface area contributed by atoms with E-state index in [9.17, 15) is 0 Å². The Kier molecular flexibility index (Phi) is 2.45. The molecule has 0 radical (unpaired) electrons. The van der Waals surface area contributed by atoms with Crippen molar-refractivity contribution in [1.82, 2.24) is 0 Å². The lowest BCUT2D eigenvalue weighted by Gasteiger charge is -2.18. The Morgan fingerprint density at radius 1 is 1.38 bits per heavy atom. The first-order valence-corrected chi connectivity index (χ1v) is 6.05. The topological polar surface area (TPSA) is 12.4 Å². The van der Waals surface area contributed by atoms with Crippen LogP contribution in [0.2, 0.25) is 0 Å². The smallest absolute Gasteiger partial charge is 0.0676 e. The highest BCUT2D eigenvalue weighted by Crippen LogP contribution is 2.60. The van der Waals surface area contributed by atoms with E-state index in [1.807, 2.05) is 0 Å². The largest absolute Gasteiger partial charge is 0.294 e. The standard InChI is InChI=1S/C15H21N/c1-6-12-7-8-13(11(2)9-12)14(3)10-15(14,4)16-5/h7-9H,5-6,10H2,1-4H3. The van der Waals surface area contributed by atoms with Crippen molar-refractivity contribution in [3.05, 3.63) is 34.9 Å². The summed E-state index contributed by atoms with van der Waals surface area (Å²) in [7, 11) is 0. The number of rotatable bonds is 3. The minimum absolute atomic E-state index is 0.0471. The summed E-state index contributed by atoms with van der Waals surface area (Å²) in [5.74, 6) is 0. The van der Waals surface area contributed by atoms with E-state index in [2.05, 4.69) is 57.6 Å². The van der Waals surface area contributed by atoms with Crippen LogP contribution in [-0.4, -0.2) is 12.3 Å². The van der Waals surface area contributed by atoms with Crippen LogP contribution in [0.1, 0.15) is 43.9 Å². The fourth-order valence-corrected chi connectivity index (χ4v) is 2.82. The molecule has 2 unspecified atom stereocenters. The molecule has 1 aromatic rings. The van der Waals surface area contributed by atoms with Crippen molar-refractivity contribution >= 4 is 6.72 Å². The molecule has 0 bridgehead atoms. The molecule has 0 saturated heterocycles. The first-order chi connectivity index (χ1) is 7.47. The summed E-state index contributed by atoms with van der Waals surface area (Å²) >= 11 is 0. The number of benzene rings is 1. The van der Waals surface area contributed by atoms with Crippen molar-refractivity contribution in [2.45, 2.75) is 51.5 Å². The molecule has 2 rings (SSSR count). The zero-order valence-electron chi connectivity index (χ0n) is 10.8. The van der Waals surface area contributed by atoms with Crippen LogP contribution in [0.15, 0.2) is 23.2 Å². The Morgan fingerprint density at radius 2 is 2.06 bits per heavy atom. The molecule has 1 saturated carbocycles. The Bertz CT molecular complexity index is 435. The average molecular weight is 215 g/mol. The van der Waals surface area contributed by atoms with E-state index in [0.717, 1.165) is 12.8 Å². The SMILES string of the molecule is C=NC1(C)CC1(C)c1ccc(CC)cc1C. The lowest BCUT2D eigenvalue weighted by Crippen LogP contribution is -2.16. The van der Waals surface area contributed by atoms with Gasteiger partial charge in [-0.2, -0.15) is 0 Å². The third kappa shape index (κ3) is 1.41. The summed E-state index contributed by atoms with van der Waals surface area (Å²) in [5, 5.41) is 0. The first kappa shape index (κ1) is 11.4. The molecule has 0 aromatic heterocycles. The highest BCUT2D eigenvalue weighted by Gasteiger charge is 2.62. The van der Waals surface area contributed by atoms with Crippen molar-refractivity contribution in [3.8, 4) is 0 Å². The number of hydrogen-bond donors (Lipinski definition) is 0. The van der Waals surface area contributed by atoms with Gasteiger partial charge in [-0.05, 0) is 50.1 Å². The van der Waals surface area contributed by atoms with Crippen LogP contribution in [0.4, 0.5) is 0 Å². The van der Waals surface area contributed by atoms with Gasteiger partial charge in [0, 0.05) is 5.41 Å². The van der Waals surface area contributed by atoms with Gasteiger partial charge in [-0.3, -0.25) is 4.99 Å². The van der Waals surface area contributed by atoms with Crippen molar-refractivity contribution in [2.75, 3.05) is 0 Å². The molecule has 0 spiro atoms. The summed E-state index contributed by atoms with van der Waals surface area (Å²) in [6.07, 6.45) is 2.23. The average Bonchev–Trinajstić information content (AvgIpc) is 2.83. The summed E-state index contributed by atoms with van der Waals surface area (Å²) in [5.41, 5.74) is 4.50. The molecular weight excluding hydrogens is 194 g/mol. The molecule has 1 fully saturated rings. The van der Waals surface area contributed by atoms with Crippen LogP contribution >= 0.6 is 0 Å². The van der Waals surface area contributed by atoms with Gasteiger partial charge in [0.05, 0.1) is 5.54 Å². The molecule has 1 heteroatoms. The molecule has 1 aliphatic carbocycles. The quantitative estimate of drug-likeness (QED) is 0.682. The van der Waals surface area contributed by atoms with E-state index in [-0.39, 0.29) is 11.0 Å². The Morgan fingerprint density at radius 3 is 2.50 bits per heavy atom. The Balaban J connectivity index is 2.40. The maximum atomic E-state index is 4.30. The summed E-state index contributed by atoms with van der Waals surface area (Å²) < 4.78 is 0. The highest BCUT2D eigenvalue weighted by molar-refractivity contribution is 5.48. The minimum Gasteiger partial charge on any atom is -0.294 e. The third-order valence-electron chi connectivity index (χ3n) is 4.40. The van der Waals surface area contributed by atoms with Gasteiger partial charge >= 0.3 is 0 Å². The first-order valence-electron chi connectivity index (χ1n) is 6.05. The second kappa shape index (κ2) is 3.44. The van der Waals surface area contributed by atoms with Crippen molar-refractivity contribution in [2.24, 2.45) is 4.99 Å². The van der Waals surface area contributed by atoms with Gasteiger partial charge in [0.2, 0.25) is 0 Å². The fraction of sp³-hybridized carbons (Fsp3) is 0.533. The Hall–Kier alpha value is -1.11. The molecule has 16 heavy (non-hydrogen) atoms. The van der Waals surface area contributed by atoms with Gasteiger partial charge in [0.15, 0.2) is 0 Å². The zero-order chi connectivity index (χ0) is 12.0. The lowest BCUT2D eigenvalue weighted by molar-refractivity contribution is 0.614. The predicted molar refractivity (Wildman–Crippen MR) is 70.5 cm³/mol. The third-order valence-corrected chi connectivity index (χ3v) is 4.40. The summed E-state index contributed by atoms with van der Waals surface area (Å²) in [6.45, 7) is 12.6. The predicted octanol–water partition coefficient (Wildman–Crippen LogP) is 3.68. The van der Waals surface area contributed by atoms with E-state index in [0.29, 0.717) is 0 Å². The van der Waals surface area contributed by atoms with Gasteiger partial charge in [-0.25, -0.2) is 0 Å². The molecule has 2 atom stereocenters. The maximum Gasteiger partial charge on any atom is 0.0676 e. The molecule has 0 heterocycles. The number of nitrogens with zero attached hydrogens (tertiary/aromatic N) is 1. The van der Waals surface area contributed by atoms with Crippen molar-refractivity contribution in [3.63, 3.8) is 0 Å². The molecule has 1 nitrogen and oxygen atoms in total. The summed E-state index contributed by atoms with van der Waals surface area (Å²) in [6, 6.07) is 6.84. The second-order valence-corrected chi connectivity index (χ2v) is 5.44. The lowest BCUT2D eigenvalue weighted by atomic mass is 9.88. The van der Waals surface area contributed by atoms with E-state index in [1.165, 1.54) is 16.7 Å². The van der Waals surface area contributed by atoms with E-state index in [1.54, 1.807) is 0 Å². The van der Waals surface area contributed by atoms with Gasteiger partial charge in [-0.15, -0.1) is 0 Å². The van der Waals surface area contributed by atoms with Crippen LogP contribution in [0, 0.1) is 6.92 Å². The Labute approximate surface area is 98.6 Å². The van der Waals surface area contributed by atoms with E-state index >= 15 is 0 Å². The molecule has 1 aliphatic rings. The van der Waals surface area contributed by atoms with Gasteiger partial charge in [-0.1, -0.05) is 32.0 Å². The van der Waals surface area contributed by atoms with E-state index < -0.39 is 0 Å². The maximum absolute atomic E-state index is 4.30. The van der Waals surface area contributed by atoms with Crippen LogP contribution in [0.25, 0.3) is 0 Å². The van der Waals surface area contributed by atoms with E-state index in [4.69, 9.17) is 0 Å². The molecule has 0 N–H and O–H groups in total. The molecule has 0 amide bonds. The zero-order valence-corrected chi connectivity index (χ0v) is 10.8. The normalized spacial score (nSPS) is 32.5. The van der Waals surface area contributed by atoms with Gasteiger partial charge in [0.1, 0.15) is 0 Å². The number of aliphatic imine (C=N–C) groups is 1. The molecule has 86 valence electrons. The fourth-order valence-electron chi connectivity index (χ4n) is 2.82. The van der Waals surface area contributed by atoms with Crippen LogP contribution in [-0.2, 0) is 11.8 Å². The monoisotopic (exact) mass is 215 g/mol. The summed E-state index contributed by atoms with van der Waals surface area (Å²) in [4.78, 5) is 4.30. The number of aryl methyl sites for hydroxylation is 2. The minimum atomic E-state index is 0.0471. The highest BCUT2D eigenvalue weighted by atomic mass is 15.0. The molecule has 1 aromatic carbocycles.